The molecule has 0 aliphatic carbocycles. The van der Waals surface area contributed by atoms with E-state index < -0.39 is 25.8 Å². The van der Waals surface area contributed by atoms with E-state index in [4.69, 9.17) is 0 Å². The lowest BCUT2D eigenvalue weighted by Crippen LogP contribution is -2.39. The Labute approximate surface area is 162 Å². The molecule has 0 unspecified atom stereocenters. The van der Waals surface area contributed by atoms with Crippen molar-refractivity contribution in [2.24, 2.45) is 5.92 Å². The highest BCUT2D eigenvalue weighted by Gasteiger charge is 2.26. The topological polar surface area (TPSA) is 88.6 Å². The van der Waals surface area contributed by atoms with Gasteiger partial charge in [0.05, 0.1) is 16.4 Å². The van der Waals surface area contributed by atoms with Crippen molar-refractivity contribution in [1.29, 1.82) is 0 Å². The quantitative estimate of drug-likeness (QED) is 0.572. The van der Waals surface area contributed by atoms with E-state index >= 15 is 0 Å². The first-order chi connectivity index (χ1) is 12.1. The molecule has 1 aromatic rings. The molecule has 0 bridgehead atoms. The van der Waals surface area contributed by atoms with Gasteiger partial charge in [-0.15, -0.1) is 3.89 Å². The van der Waals surface area contributed by atoms with Crippen LogP contribution in [0.25, 0.3) is 0 Å². The summed E-state index contributed by atoms with van der Waals surface area (Å²) in [5.41, 5.74) is 0. The first-order valence-corrected chi connectivity index (χ1v) is 12.2. The predicted octanol–water partition coefficient (Wildman–Crippen LogP) is 2.54. The van der Waals surface area contributed by atoms with Crippen molar-refractivity contribution in [2.45, 2.75) is 30.6 Å². The molecule has 0 atom stereocenters. The van der Waals surface area contributed by atoms with Crippen LogP contribution in [0.1, 0.15) is 25.7 Å². The number of rotatable bonds is 7. The predicted molar refractivity (Wildman–Crippen MR) is 99.6 cm³/mol. The number of nitrogens with zero attached hydrogens (tertiary/aromatic N) is 1. The van der Waals surface area contributed by atoms with E-state index in [0.717, 1.165) is 0 Å². The molecule has 0 aromatic heterocycles. The van der Waals surface area contributed by atoms with Gasteiger partial charge in [-0.2, -0.15) is 8.42 Å². The van der Waals surface area contributed by atoms with Crippen molar-refractivity contribution in [1.82, 2.24) is 4.90 Å². The number of carbonyl (C=O) groups is 1. The molecule has 1 aliphatic heterocycles. The van der Waals surface area contributed by atoms with Gasteiger partial charge in [0, 0.05) is 24.0 Å². The SMILES string of the molecule is O=C(CCCS(=O)(=O)c1cccc(Br)c1)N1CCC(CS(=O)(=O)F)CC1. The molecule has 0 N–H and O–H groups in total. The van der Waals surface area contributed by atoms with Crippen LogP contribution >= 0.6 is 15.9 Å². The number of benzene rings is 1. The van der Waals surface area contributed by atoms with Crippen molar-refractivity contribution in [3.63, 3.8) is 0 Å². The third-order valence-corrected chi connectivity index (χ3v) is 7.52. The number of carbonyl (C=O) groups excluding carboxylic acids is 1. The van der Waals surface area contributed by atoms with Crippen LogP contribution in [0, 0.1) is 5.92 Å². The minimum Gasteiger partial charge on any atom is -0.343 e. The average molecular weight is 470 g/mol. The summed E-state index contributed by atoms with van der Waals surface area (Å²) in [4.78, 5) is 14.0. The van der Waals surface area contributed by atoms with Gasteiger partial charge in [-0.05, 0) is 43.4 Å². The summed E-state index contributed by atoms with van der Waals surface area (Å²) in [6, 6.07) is 6.43. The zero-order valence-corrected chi connectivity index (χ0v) is 17.3. The van der Waals surface area contributed by atoms with Crippen molar-refractivity contribution in [3.05, 3.63) is 28.7 Å². The Balaban J connectivity index is 1.79. The molecule has 10 heteroatoms. The van der Waals surface area contributed by atoms with E-state index in [1.54, 1.807) is 17.0 Å². The Bertz CT molecular complexity index is 849. The van der Waals surface area contributed by atoms with Crippen LogP contribution in [0.5, 0.6) is 0 Å². The molecule has 1 aliphatic rings. The fourth-order valence-electron chi connectivity index (χ4n) is 2.98. The molecule has 1 fully saturated rings. The maximum absolute atomic E-state index is 12.7. The van der Waals surface area contributed by atoms with E-state index in [9.17, 15) is 25.5 Å². The van der Waals surface area contributed by atoms with E-state index in [1.807, 2.05) is 0 Å². The van der Waals surface area contributed by atoms with Crippen LogP contribution in [0.2, 0.25) is 0 Å². The Morgan fingerprint density at radius 1 is 1.19 bits per heavy atom. The second-order valence-electron chi connectivity index (χ2n) is 6.41. The molecule has 0 saturated carbocycles. The van der Waals surface area contributed by atoms with Crippen molar-refractivity contribution >= 4 is 41.9 Å². The summed E-state index contributed by atoms with van der Waals surface area (Å²) in [5.74, 6) is -1.05. The standard InChI is InChI=1S/C16H21BrFNO5S2/c17-14-3-1-4-15(11-14)25(21,22)10-2-5-16(20)19-8-6-13(7-9-19)12-26(18,23)24/h1,3-4,11,13H,2,5-10,12H2. The van der Waals surface area contributed by atoms with Gasteiger partial charge in [0.1, 0.15) is 0 Å². The lowest BCUT2D eigenvalue weighted by atomic mass is 9.99. The lowest BCUT2D eigenvalue weighted by Gasteiger charge is -2.31. The van der Waals surface area contributed by atoms with Gasteiger partial charge in [0.15, 0.2) is 9.84 Å². The van der Waals surface area contributed by atoms with E-state index in [2.05, 4.69) is 15.9 Å². The largest absolute Gasteiger partial charge is 0.343 e. The van der Waals surface area contributed by atoms with Gasteiger partial charge in [-0.25, -0.2) is 8.42 Å². The summed E-state index contributed by atoms with van der Waals surface area (Å²) in [7, 11) is -7.94. The highest BCUT2D eigenvalue weighted by molar-refractivity contribution is 9.10. The third-order valence-electron chi connectivity index (χ3n) is 4.36. The monoisotopic (exact) mass is 469 g/mol. The third kappa shape index (κ3) is 6.62. The molecule has 2 rings (SSSR count). The number of halogens is 2. The summed E-state index contributed by atoms with van der Waals surface area (Å²) in [6.07, 6.45) is 1.20. The number of piperidine rings is 1. The van der Waals surface area contributed by atoms with Crippen LogP contribution in [0.15, 0.2) is 33.6 Å². The van der Waals surface area contributed by atoms with E-state index in [1.165, 1.54) is 12.1 Å². The normalized spacial score (nSPS) is 16.6. The average Bonchev–Trinajstić information content (AvgIpc) is 2.54. The van der Waals surface area contributed by atoms with E-state index in [0.29, 0.717) is 30.4 Å². The number of likely N-dealkylation sites (tertiary alicyclic amines) is 1. The highest BCUT2D eigenvalue weighted by atomic mass is 79.9. The molecule has 26 heavy (non-hydrogen) atoms. The van der Waals surface area contributed by atoms with Crippen LogP contribution < -0.4 is 0 Å². The van der Waals surface area contributed by atoms with Crippen molar-refractivity contribution < 1.29 is 25.5 Å². The molecule has 6 nitrogen and oxygen atoms in total. The maximum atomic E-state index is 12.7. The number of amides is 1. The molecular weight excluding hydrogens is 449 g/mol. The molecule has 0 spiro atoms. The maximum Gasteiger partial charge on any atom is 0.302 e. The molecule has 146 valence electrons. The Kier molecular flexibility index (Phi) is 7.20. The number of hydrogen-bond acceptors (Lipinski definition) is 5. The Hall–Kier alpha value is -1.00. The second kappa shape index (κ2) is 8.79. The summed E-state index contributed by atoms with van der Waals surface area (Å²) >= 11 is 3.23. The Morgan fingerprint density at radius 2 is 1.85 bits per heavy atom. The fraction of sp³-hybridized carbons (Fsp3) is 0.562. The molecule has 1 amide bonds. The molecule has 1 heterocycles. The zero-order valence-electron chi connectivity index (χ0n) is 14.1. The summed E-state index contributed by atoms with van der Waals surface area (Å²) in [5, 5.41) is 0. The molecule has 0 radical (unpaired) electrons. The van der Waals surface area contributed by atoms with Crippen LogP contribution in [-0.4, -0.2) is 52.2 Å². The van der Waals surface area contributed by atoms with Gasteiger partial charge in [0.25, 0.3) is 0 Å². The summed E-state index contributed by atoms with van der Waals surface area (Å²) < 4.78 is 59.3. The van der Waals surface area contributed by atoms with Gasteiger partial charge >= 0.3 is 10.2 Å². The Morgan fingerprint density at radius 3 is 2.42 bits per heavy atom. The second-order valence-corrected chi connectivity index (χ2v) is 10.8. The summed E-state index contributed by atoms with van der Waals surface area (Å²) in [6.45, 7) is 0.745. The zero-order chi connectivity index (χ0) is 19.4. The number of hydrogen-bond donors (Lipinski definition) is 0. The lowest BCUT2D eigenvalue weighted by molar-refractivity contribution is -0.132. The minimum absolute atomic E-state index is 0.110. The minimum atomic E-state index is -4.49. The molecule has 1 saturated heterocycles. The van der Waals surface area contributed by atoms with Crippen LogP contribution in [0.3, 0.4) is 0 Å². The van der Waals surface area contributed by atoms with Crippen molar-refractivity contribution in [2.75, 3.05) is 24.6 Å². The fourth-order valence-corrected chi connectivity index (χ4v) is 5.78. The smallest absolute Gasteiger partial charge is 0.302 e. The molecule has 1 aromatic carbocycles. The highest BCUT2D eigenvalue weighted by Crippen LogP contribution is 2.21. The van der Waals surface area contributed by atoms with E-state index in [-0.39, 0.29) is 35.3 Å². The van der Waals surface area contributed by atoms with Crippen LogP contribution in [0.4, 0.5) is 3.89 Å². The number of sulfone groups is 1. The van der Waals surface area contributed by atoms with Crippen LogP contribution in [-0.2, 0) is 24.9 Å². The first-order valence-electron chi connectivity index (χ1n) is 8.25. The van der Waals surface area contributed by atoms with Gasteiger partial charge in [0.2, 0.25) is 5.91 Å². The van der Waals surface area contributed by atoms with Gasteiger partial charge in [-0.1, -0.05) is 22.0 Å². The van der Waals surface area contributed by atoms with Gasteiger partial charge in [-0.3, -0.25) is 4.79 Å². The first kappa shape index (κ1) is 21.3. The van der Waals surface area contributed by atoms with Gasteiger partial charge < -0.3 is 4.90 Å². The van der Waals surface area contributed by atoms with Crippen molar-refractivity contribution in [3.8, 4) is 0 Å². The molecular formula is C16H21BrFNO5S2.